The van der Waals surface area contributed by atoms with E-state index in [9.17, 15) is 22.0 Å². The maximum atomic E-state index is 12.4. The van der Waals surface area contributed by atoms with Gasteiger partial charge in [-0.2, -0.15) is 8.78 Å². The fourth-order valence-corrected chi connectivity index (χ4v) is 4.10. The topological polar surface area (TPSA) is 103 Å². The van der Waals surface area contributed by atoms with E-state index < -0.39 is 22.5 Å². The Hall–Kier alpha value is -3.18. The monoisotopic (exact) mass is 468 g/mol. The predicted molar refractivity (Wildman–Crippen MR) is 114 cm³/mol. The molecule has 0 aromatic heterocycles. The number of hydrogen-bond acceptors (Lipinski definition) is 6. The van der Waals surface area contributed by atoms with Crippen LogP contribution in [0.1, 0.15) is 18.4 Å². The van der Waals surface area contributed by atoms with Crippen LogP contribution in [0.15, 0.2) is 47.4 Å². The van der Waals surface area contributed by atoms with Crippen molar-refractivity contribution in [1.82, 2.24) is 4.72 Å². The Kier molecular flexibility index (Phi) is 7.31. The number of carbonyl (C=O) groups excluding carboxylic acids is 1. The molecule has 1 fully saturated rings. The molecule has 1 aliphatic rings. The van der Waals surface area contributed by atoms with Gasteiger partial charge in [-0.3, -0.25) is 4.79 Å². The minimum Gasteiger partial charge on any atom is -0.495 e. The second-order valence-electron chi connectivity index (χ2n) is 6.87. The summed E-state index contributed by atoms with van der Waals surface area (Å²) in [5.41, 5.74) is 0.676. The number of alkyl halides is 2. The van der Waals surface area contributed by atoms with Gasteiger partial charge >= 0.3 is 6.61 Å². The SMILES string of the molecule is COc1ccc(S(=O)(=O)NC2CC2)cc1NC(=O)C=Cc1ccc(OC(F)F)c(OC)c1. The van der Waals surface area contributed by atoms with E-state index in [1.54, 1.807) is 0 Å². The molecule has 1 amide bonds. The van der Waals surface area contributed by atoms with Crippen molar-refractivity contribution in [2.45, 2.75) is 30.4 Å². The smallest absolute Gasteiger partial charge is 0.387 e. The van der Waals surface area contributed by atoms with Gasteiger partial charge in [0.1, 0.15) is 5.75 Å². The first-order valence-corrected chi connectivity index (χ1v) is 11.0. The highest BCUT2D eigenvalue weighted by Crippen LogP contribution is 2.31. The molecule has 1 saturated carbocycles. The molecule has 2 aromatic carbocycles. The van der Waals surface area contributed by atoms with Crippen LogP contribution in [0, 0.1) is 0 Å². The normalized spacial score (nSPS) is 13.9. The molecular formula is C21H22F2N2O6S. The molecule has 2 N–H and O–H groups in total. The Bertz CT molecular complexity index is 1120. The Morgan fingerprint density at radius 2 is 1.75 bits per heavy atom. The summed E-state index contributed by atoms with van der Waals surface area (Å²) >= 11 is 0. The maximum Gasteiger partial charge on any atom is 0.387 e. The van der Waals surface area contributed by atoms with Crippen molar-refractivity contribution in [3.63, 3.8) is 0 Å². The number of sulfonamides is 1. The van der Waals surface area contributed by atoms with Gasteiger partial charge in [0.05, 0.1) is 24.8 Å². The summed E-state index contributed by atoms with van der Waals surface area (Å²) in [6.07, 6.45) is 4.23. The molecule has 0 aliphatic heterocycles. The number of hydrogen-bond donors (Lipinski definition) is 2. The number of amides is 1. The van der Waals surface area contributed by atoms with Crippen LogP contribution in [0.25, 0.3) is 6.08 Å². The van der Waals surface area contributed by atoms with E-state index in [1.807, 2.05) is 0 Å². The average Bonchev–Trinajstić information content (AvgIpc) is 3.55. The fraction of sp³-hybridized carbons (Fsp3) is 0.286. The zero-order valence-corrected chi connectivity index (χ0v) is 18.1. The van der Waals surface area contributed by atoms with Crippen LogP contribution < -0.4 is 24.2 Å². The van der Waals surface area contributed by atoms with Crippen LogP contribution in [0.5, 0.6) is 17.2 Å². The first-order valence-electron chi connectivity index (χ1n) is 9.54. The van der Waals surface area contributed by atoms with Crippen molar-refractivity contribution in [2.24, 2.45) is 0 Å². The van der Waals surface area contributed by atoms with Gasteiger partial charge in [-0.05, 0) is 54.8 Å². The highest BCUT2D eigenvalue weighted by atomic mass is 32.2. The third kappa shape index (κ3) is 6.17. The summed E-state index contributed by atoms with van der Waals surface area (Å²) in [6, 6.07) is 8.30. The average molecular weight is 468 g/mol. The van der Waals surface area contributed by atoms with E-state index in [2.05, 4.69) is 14.8 Å². The number of methoxy groups -OCH3 is 2. The number of ether oxygens (including phenoxy) is 3. The van der Waals surface area contributed by atoms with Crippen molar-refractivity contribution >= 4 is 27.7 Å². The summed E-state index contributed by atoms with van der Waals surface area (Å²) in [4.78, 5) is 12.4. The zero-order chi connectivity index (χ0) is 23.3. The summed E-state index contributed by atoms with van der Waals surface area (Å²) in [5, 5.41) is 2.58. The lowest BCUT2D eigenvalue weighted by Gasteiger charge is -2.12. The zero-order valence-electron chi connectivity index (χ0n) is 17.3. The third-order valence-corrected chi connectivity index (χ3v) is 5.99. The summed E-state index contributed by atoms with van der Waals surface area (Å²) in [7, 11) is -1.01. The van der Waals surface area contributed by atoms with Crippen molar-refractivity contribution in [3.8, 4) is 17.2 Å². The van der Waals surface area contributed by atoms with Crippen LogP contribution in [-0.4, -0.2) is 41.2 Å². The molecule has 8 nitrogen and oxygen atoms in total. The van der Waals surface area contributed by atoms with Crippen LogP contribution in [0.4, 0.5) is 14.5 Å². The Morgan fingerprint density at radius 1 is 1.06 bits per heavy atom. The second-order valence-corrected chi connectivity index (χ2v) is 8.58. The summed E-state index contributed by atoms with van der Waals surface area (Å²) in [5.74, 6) is -0.325. The number of rotatable bonds is 10. The van der Waals surface area contributed by atoms with Gasteiger partial charge < -0.3 is 19.5 Å². The lowest BCUT2D eigenvalue weighted by molar-refractivity contribution is -0.111. The fourth-order valence-electron chi connectivity index (χ4n) is 2.77. The maximum absolute atomic E-state index is 12.4. The predicted octanol–water partition coefficient (Wildman–Crippen LogP) is 3.40. The van der Waals surface area contributed by atoms with Gasteiger partial charge in [0.25, 0.3) is 0 Å². The number of halogens is 2. The van der Waals surface area contributed by atoms with E-state index in [4.69, 9.17) is 9.47 Å². The summed E-state index contributed by atoms with van der Waals surface area (Å²) < 4.78 is 66.9. The van der Waals surface area contributed by atoms with Crippen molar-refractivity contribution < 1.29 is 36.2 Å². The standard InChI is InChI=1S/C21H22F2N2O6S/c1-29-17-9-7-15(32(27,28)25-14-5-6-14)12-16(17)24-20(26)10-4-13-3-8-18(31-21(22)23)19(11-13)30-2/h3-4,7-12,14,21,25H,5-6H2,1-2H3,(H,24,26). The molecule has 3 rings (SSSR count). The molecule has 0 radical (unpaired) electrons. The van der Waals surface area contributed by atoms with E-state index in [-0.39, 0.29) is 33.9 Å². The van der Waals surface area contributed by atoms with Crippen LogP contribution in [-0.2, 0) is 14.8 Å². The number of nitrogens with one attached hydrogen (secondary N) is 2. The summed E-state index contributed by atoms with van der Waals surface area (Å²) in [6.45, 7) is -3.00. The van der Waals surface area contributed by atoms with E-state index in [0.717, 1.165) is 12.8 Å². The molecule has 0 atom stereocenters. The Morgan fingerprint density at radius 3 is 2.38 bits per heavy atom. The van der Waals surface area contributed by atoms with Gasteiger partial charge in [-0.15, -0.1) is 0 Å². The van der Waals surface area contributed by atoms with Crippen LogP contribution in [0.2, 0.25) is 0 Å². The molecule has 0 spiro atoms. The van der Waals surface area contributed by atoms with Crippen molar-refractivity contribution in [1.29, 1.82) is 0 Å². The second kappa shape index (κ2) is 9.96. The lowest BCUT2D eigenvalue weighted by Crippen LogP contribution is -2.25. The first kappa shape index (κ1) is 23.5. The highest BCUT2D eigenvalue weighted by Gasteiger charge is 2.28. The number of benzene rings is 2. The Balaban J connectivity index is 1.75. The van der Waals surface area contributed by atoms with Crippen molar-refractivity contribution in [2.75, 3.05) is 19.5 Å². The van der Waals surface area contributed by atoms with Gasteiger partial charge in [-0.25, -0.2) is 13.1 Å². The lowest BCUT2D eigenvalue weighted by atomic mass is 10.2. The van der Waals surface area contributed by atoms with E-state index >= 15 is 0 Å². The van der Waals surface area contributed by atoms with E-state index in [0.29, 0.717) is 5.56 Å². The van der Waals surface area contributed by atoms with E-state index in [1.165, 1.54) is 62.8 Å². The van der Waals surface area contributed by atoms with Gasteiger partial charge in [0.2, 0.25) is 15.9 Å². The van der Waals surface area contributed by atoms with Gasteiger partial charge in [-0.1, -0.05) is 6.07 Å². The Labute approximate surface area is 184 Å². The number of carbonyl (C=O) groups is 1. The third-order valence-electron chi connectivity index (χ3n) is 4.47. The first-order chi connectivity index (χ1) is 15.2. The highest BCUT2D eigenvalue weighted by molar-refractivity contribution is 7.89. The molecule has 0 unspecified atom stereocenters. The molecular weight excluding hydrogens is 446 g/mol. The van der Waals surface area contributed by atoms with Crippen molar-refractivity contribution in [3.05, 3.63) is 48.0 Å². The molecule has 32 heavy (non-hydrogen) atoms. The molecule has 172 valence electrons. The number of anilines is 1. The van der Waals surface area contributed by atoms with Gasteiger partial charge in [0, 0.05) is 12.1 Å². The largest absolute Gasteiger partial charge is 0.495 e. The molecule has 2 aromatic rings. The molecule has 0 bridgehead atoms. The molecule has 0 heterocycles. The van der Waals surface area contributed by atoms with Crippen LogP contribution in [0.3, 0.4) is 0 Å². The molecule has 0 saturated heterocycles. The van der Waals surface area contributed by atoms with Gasteiger partial charge in [0.15, 0.2) is 11.5 Å². The minimum absolute atomic E-state index is 0.00355. The van der Waals surface area contributed by atoms with Crippen LogP contribution >= 0.6 is 0 Å². The quantitative estimate of drug-likeness (QED) is 0.518. The molecule has 1 aliphatic carbocycles. The minimum atomic E-state index is -3.71. The molecule has 11 heteroatoms.